The van der Waals surface area contributed by atoms with E-state index in [2.05, 4.69) is 49.3 Å². The summed E-state index contributed by atoms with van der Waals surface area (Å²) in [6, 6.07) is 6.73. The van der Waals surface area contributed by atoms with E-state index < -0.39 is 0 Å². The highest BCUT2D eigenvalue weighted by Crippen LogP contribution is 2.21. The molecule has 1 heterocycles. The highest BCUT2D eigenvalue weighted by atomic mass is 16.5. The molecule has 0 aromatic heterocycles. The first-order valence-corrected chi connectivity index (χ1v) is 7.33. The van der Waals surface area contributed by atoms with Gasteiger partial charge in [0.05, 0.1) is 6.10 Å². The van der Waals surface area contributed by atoms with Crippen molar-refractivity contribution in [1.82, 2.24) is 5.32 Å². The zero-order chi connectivity index (χ0) is 13.7. The van der Waals surface area contributed by atoms with Crippen LogP contribution in [0.25, 0.3) is 0 Å². The molecular formula is C16H26N2O. The van der Waals surface area contributed by atoms with Crippen molar-refractivity contribution >= 4 is 5.69 Å². The van der Waals surface area contributed by atoms with E-state index in [1.807, 2.05) is 0 Å². The largest absolute Gasteiger partial charge is 0.376 e. The molecule has 1 saturated heterocycles. The number of rotatable bonds is 6. The van der Waals surface area contributed by atoms with E-state index >= 15 is 0 Å². The van der Waals surface area contributed by atoms with Crippen LogP contribution < -0.4 is 10.2 Å². The molecule has 0 aliphatic carbocycles. The van der Waals surface area contributed by atoms with Crippen molar-refractivity contribution < 1.29 is 4.74 Å². The van der Waals surface area contributed by atoms with Gasteiger partial charge < -0.3 is 15.0 Å². The van der Waals surface area contributed by atoms with E-state index in [1.165, 1.54) is 29.7 Å². The number of nitrogens with zero attached hydrogens (tertiary/aromatic N) is 1. The summed E-state index contributed by atoms with van der Waals surface area (Å²) in [6.07, 6.45) is 2.81. The van der Waals surface area contributed by atoms with Crippen LogP contribution in [0, 0.1) is 6.92 Å². The van der Waals surface area contributed by atoms with Crippen molar-refractivity contribution in [3.63, 3.8) is 0 Å². The second kappa shape index (κ2) is 6.92. The lowest BCUT2D eigenvalue weighted by molar-refractivity contribution is 0.116. The van der Waals surface area contributed by atoms with Crippen LogP contribution in [0.15, 0.2) is 18.2 Å². The van der Waals surface area contributed by atoms with E-state index in [1.54, 1.807) is 0 Å². The molecule has 0 radical (unpaired) electrons. The fourth-order valence-corrected chi connectivity index (χ4v) is 2.57. The Bertz CT molecular complexity index is 400. The minimum Gasteiger partial charge on any atom is -0.376 e. The summed E-state index contributed by atoms with van der Waals surface area (Å²) in [4.78, 5) is 2.31. The average Bonchev–Trinajstić information content (AvgIpc) is 2.90. The van der Waals surface area contributed by atoms with Crippen LogP contribution in [0.2, 0.25) is 0 Å². The Morgan fingerprint density at radius 3 is 2.89 bits per heavy atom. The summed E-state index contributed by atoms with van der Waals surface area (Å²) in [5, 5.41) is 3.38. The Morgan fingerprint density at radius 1 is 1.42 bits per heavy atom. The quantitative estimate of drug-likeness (QED) is 0.853. The molecule has 0 amide bonds. The Hall–Kier alpha value is -1.06. The van der Waals surface area contributed by atoms with Gasteiger partial charge in [0.25, 0.3) is 0 Å². The summed E-state index contributed by atoms with van der Waals surface area (Å²) in [5.74, 6) is 0. The summed E-state index contributed by atoms with van der Waals surface area (Å²) in [7, 11) is 2.15. The number of likely N-dealkylation sites (N-methyl/N-ethyl adjacent to an activating group) is 1. The second-order valence-electron chi connectivity index (χ2n) is 5.41. The van der Waals surface area contributed by atoms with Crippen LogP contribution in [0.4, 0.5) is 5.69 Å². The molecule has 106 valence electrons. The van der Waals surface area contributed by atoms with Gasteiger partial charge in [0.1, 0.15) is 0 Å². The van der Waals surface area contributed by atoms with Crippen LogP contribution in [0.5, 0.6) is 0 Å². The van der Waals surface area contributed by atoms with Gasteiger partial charge in [0.2, 0.25) is 0 Å². The van der Waals surface area contributed by atoms with Gasteiger partial charge in [-0.3, -0.25) is 0 Å². The number of hydrogen-bond acceptors (Lipinski definition) is 3. The Balaban J connectivity index is 1.97. The monoisotopic (exact) mass is 262 g/mol. The van der Waals surface area contributed by atoms with E-state index in [4.69, 9.17) is 4.74 Å². The highest BCUT2D eigenvalue weighted by molar-refractivity contribution is 5.50. The van der Waals surface area contributed by atoms with E-state index in [9.17, 15) is 0 Å². The molecule has 0 saturated carbocycles. The minimum absolute atomic E-state index is 0.409. The van der Waals surface area contributed by atoms with E-state index in [0.717, 1.165) is 26.2 Å². The third-order valence-electron chi connectivity index (χ3n) is 3.83. The molecule has 1 aromatic rings. The third kappa shape index (κ3) is 3.95. The zero-order valence-corrected chi connectivity index (χ0v) is 12.4. The summed E-state index contributed by atoms with van der Waals surface area (Å²) in [6.45, 7) is 8.22. The number of hydrogen-bond donors (Lipinski definition) is 1. The molecule has 0 bridgehead atoms. The highest BCUT2D eigenvalue weighted by Gasteiger charge is 2.17. The molecular weight excluding hydrogens is 236 g/mol. The lowest BCUT2D eigenvalue weighted by Crippen LogP contribution is -2.28. The van der Waals surface area contributed by atoms with Crippen molar-refractivity contribution in [3.05, 3.63) is 29.3 Å². The van der Waals surface area contributed by atoms with Crippen molar-refractivity contribution in [2.45, 2.75) is 39.3 Å². The molecule has 1 fully saturated rings. The minimum atomic E-state index is 0.409. The maximum absolute atomic E-state index is 5.70. The maximum atomic E-state index is 5.70. The first-order valence-electron chi connectivity index (χ1n) is 7.33. The molecule has 19 heavy (non-hydrogen) atoms. The topological polar surface area (TPSA) is 24.5 Å². The van der Waals surface area contributed by atoms with Gasteiger partial charge in [0.15, 0.2) is 0 Å². The summed E-state index contributed by atoms with van der Waals surface area (Å²) in [5.41, 5.74) is 4.03. The van der Waals surface area contributed by atoms with E-state index in [-0.39, 0.29) is 0 Å². The fraction of sp³-hybridized carbons (Fsp3) is 0.625. The lowest BCUT2D eigenvalue weighted by atomic mass is 10.1. The molecule has 1 aromatic carbocycles. The Kier molecular flexibility index (Phi) is 5.23. The number of anilines is 1. The molecule has 1 unspecified atom stereocenters. The van der Waals surface area contributed by atoms with Gasteiger partial charge in [-0.25, -0.2) is 0 Å². The molecule has 1 N–H and O–H groups in total. The standard InChI is InChI=1S/C16H26N2O/c1-4-17-11-14-7-8-15(10-13(14)2)18(3)12-16-6-5-9-19-16/h7-8,10,16-17H,4-6,9,11-12H2,1-3H3. The van der Waals surface area contributed by atoms with Crippen molar-refractivity contribution in [3.8, 4) is 0 Å². The van der Waals surface area contributed by atoms with Crippen LogP contribution in [0.1, 0.15) is 30.9 Å². The number of aryl methyl sites for hydroxylation is 1. The normalized spacial score (nSPS) is 18.8. The number of nitrogens with one attached hydrogen (secondary N) is 1. The van der Waals surface area contributed by atoms with Crippen LogP contribution in [0.3, 0.4) is 0 Å². The molecule has 1 aliphatic heterocycles. The number of benzene rings is 1. The Morgan fingerprint density at radius 2 is 2.26 bits per heavy atom. The van der Waals surface area contributed by atoms with Gasteiger partial charge in [0, 0.05) is 32.4 Å². The SMILES string of the molecule is CCNCc1ccc(N(C)CC2CCCO2)cc1C. The van der Waals surface area contributed by atoms with Crippen molar-refractivity contribution in [1.29, 1.82) is 0 Å². The second-order valence-corrected chi connectivity index (χ2v) is 5.41. The fourth-order valence-electron chi connectivity index (χ4n) is 2.57. The predicted molar refractivity (Wildman–Crippen MR) is 80.8 cm³/mol. The molecule has 1 atom stereocenters. The van der Waals surface area contributed by atoms with Crippen LogP contribution in [-0.2, 0) is 11.3 Å². The van der Waals surface area contributed by atoms with Crippen LogP contribution >= 0.6 is 0 Å². The van der Waals surface area contributed by atoms with Crippen LogP contribution in [-0.4, -0.2) is 32.8 Å². The molecule has 2 rings (SSSR count). The third-order valence-corrected chi connectivity index (χ3v) is 3.83. The molecule has 3 nitrogen and oxygen atoms in total. The van der Waals surface area contributed by atoms with Gasteiger partial charge in [-0.1, -0.05) is 13.0 Å². The first kappa shape index (κ1) is 14.4. The van der Waals surface area contributed by atoms with Gasteiger partial charge in [-0.2, -0.15) is 0 Å². The first-order chi connectivity index (χ1) is 9.20. The van der Waals surface area contributed by atoms with Gasteiger partial charge >= 0.3 is 0 Å². The van der Waals surface area contributed by atoms with Crippen molar-refractivity contribution in [2.75, 3.05) is 31.6 Å². The summed E-state index contributed by atoms with van der Waals surface area (Å²) >= 11 is 0. The lowest BCUT2D eigenvalue weighted by Gasteiger charge is -2.23. The van der Waals surface area contributed by atoms with Gasteiger partial charge in [-0.05, 0) is 49.6 Å². The summed E-state index contributed by atoms with van der Waals surface area (Å²) < 4.78 is 5.70. The smallest absolute Gasteiger partial charge is 0.0750 e. The maximum Gasteiger partial charge on any atom is 0.0750 e. The predicted octanol–water partition coefficient (Wildman–Crippen LogP) is 2.72. The van der Waals surface area contributed by atoms with Gasteiger partial charge in [-0.15, -0.1) is 0 Å². The van der Waals surface area contributed by atoms with E-state index in [0.29, 0.717) is 6.10 Å². The molecule has 1 aliphatic rings. The molecule has 0 spiro atoms. The Labute approximate surface area is 116 Å². The van der Waals surface area contributed by atoms with Crippen molar-refractivity contribution in [2.24, 2.45) is 0 Å². The molecule has 3 heteroatoms. The average molecular weight is 262 g/mol. The number of ether oxygens (including phenoxy) is 1. The zero-order valence-electron chi connectivity index (χ0n) is 12.4.